The van der Waals surface area contributed by atoms with E-state index in [1.54, 1.807) is 0 Å². The Kier molecular flexibility index (Phi) is 6.73. The molecule has 0 saturated carbocycles. The fourth-order valence-electron chi connectivity index (χ4n) is 5.55. The molecule has 0 N–H and O–H groups in total. The first-order valence-corrected chi connectivity index (χ1v) is 12.6. The number of carbonyl (C=O) groups excluding carboxylic acids is 1. The lowest BCUT2D eigenvalue weighted by atomic mass is 9.96. The highest BCUT2D eigenvalue weighted by Gasteiger charge is 2.32. The number of carbonyl (C=O) groups is 1. The van der Waals surface area contributed by atoms with Crippen LogP contribution in [0.1, 0.15) is 38.6 Å². The Labute approximate surface area is 205 Å². The fourth-order valence-corrected chi connectivity index (χ4v) is 5.55. The van der Waals surface area contributed by atoms with Crippen LogP contribution in [0.15, 0.2) is 42.5 Å². The molecule has 0 spiro atoms. The summed E-state index contributed by atoms with van der Waals surface area (Å²) < 4.78 is 29.7. The van der Waals surface area contributed by atoms with Crippen LogP contribution in [0.3, 0.4) is 0 Å². The van der Waals surface area contributed by atoms with E-state index in [4.69, 9.17) is 4.98 Å². The monoisotopic (exact) mass is 481 g/mol. The summed E-state index contributed by atoms with van der Waals surface area (Å²) in [5.41, 5.74) is 2.56. The molecular weight excluding hydrogens is 448 g/mol. The van der Waals surface area contributed by atoms with Crippen LogP contribution < -0.4 is 4.90 Å². The zero-order valence-electron chi connectivity index (χ0n) is 20.5. The summed E-state index contributed by atoms with van der Waals surface area (Å²) in [6.45, 7) is 8.97. The maximum absolute atomic E-state index is 14.2. The van der Waals surface area contributed by atoms with Crippen molar-refractivity contribution >= 4 is 22.6 Å². The van der Waals surface area contributed by atoms with E-state index in [0.717, 1.165) is 55.4 Å². The van der Waals surface area contributed by atoms with Crippen LogP contribution in [-0.4, -0.2) is 64.5 Å². The van der Waals surface area contributed by atoms with Crippen molar-refractivity contribution in [2.45, 2.75) is 39.3 Å². The minimum absolute atomic E-state index is 0.0327. The average molecular weight is 482 g/mol. The smallest absolute Gasteiger partial charge is 0.227 e. The molecule has 2 aliphatic rings. The van der Waals surface area contributed by atoms with Crippen LogP contribution in [-0.2, 0) is 11.3 Å². The Hall–Kier alpha value is -3.00. The summed E-state index contributed by atoms with van der Waals surface area (Å²) in [6, 6.07) is 12.2. The van der Waals surface area contributed by atoms with Gasteiger partial charge in [-0.1, -0.05) is 12.1 Å². The van der Waals surface area contributed by atoms with E-state index in [-0.39, 0.29) is 11.8 Å². The molecule has 1 amide bonds. The number of aromatic nitrogens is 2. The maximum Gasteiger partial charge on any atom is 0.227 e. The van der Waals surface area contributed by atoms with Gasteiger partial charge in [0.05, 0.1) is 29.2 Å². The van der Waals surface area contributed by atoms with Crippen LogP contribution in [0.4, 0.5) is 14.5 Å². The van der Waals surface area contributed by atoms with E-state index >= 15 is 0 Å². The molecule has 0 radical (unpaired) electrons. The maximum atomic E-state index is 14.2. The van der Waals surface area contributed by atoms with E-state index < -0.39 is 11.6 Å². The SMILES string of the molecule is CC(C)n1c(CN2CCC[C@H](C(=O)N3CCN(c4ccc(F)cc4F)CC3)C2)nc2ccccc21. The third-order valence-electron chi connectivity index (χ3n) is 7.25. The number of hydrogen-bond donors (Lipinski definition) is 0. The lowest BCUT2D eigenvalue weighted by Gasteiger charge is -2.39. The Morgan fingerprint density at radius 1 is 1.06 bits per heavy atom. The number of imidazole rings is 1. The second kappa shape index (κ2) is 9.93. The van der Waals surface area contributed by atoms with E-state index in [1.807, 2.05) is 21.9 Å². The Morgan fingerprint density at radius 3 is 2.57 bits per heavy atom. The van der Waals surface area contributed by atoms with Gasteiger partial charge in [-0.25, -0.2) is 13.8 Å². The molecule has 0 unspecified atom stereocenters. The number of halogens is 2. The van der Waals surface area contributed by atoms with Crippen molar-refractivity contribution in [1.82, 2.24) is 19.4 Å². The van der Waals surface area contributed by atoms with E-state index in [9.17, 15) is 13.6 Å². The van der Waals surface area contributed by atoms with Gasteiger partial charge in [0.25, 0.3) is 0 Å². The molecule has 35 heavy (non-hydrogen) atoms. The van der Waals surface area contributed by atoms with Gasteiger partial charge in [-0.15, -0.1) is 0 Å². The van der Waals surface area contributed by atoms with Crippen molar-refractivity contribution in [2.24, 2.45) is 5.92 Å². The number of likely N-dealkylation sites (tertiary alicyclic amines) is 1. The number of piperazine rings is 1. The predicted octanol–water partition coefficient (Wildman–Crippen LogP) is 4.46. The Bertz CT molecular complexity index is 1200. The van der Waals surface area contributed by atoms with Gasteiger partial charge in [0.2, 0.25) is 5.91 Å². The normalized spacial score (nSPS) is 19.6. The molecule has 6 nitrogen and oxygen atoms in total. The van der Waals surface area contributed by atoms with E-state index in [1.165, 1.54) is 12.1 Å². The average Bonchev–Trinajstić information content (AvgIpc) is 3.22. The summed E-state index contributed by atoms with van der Waals surface area (Å²) in [5, 5.41) is 0. The van der Waals surface area contributed by atoms with Crippen molar-refractivity contribution in [1.29, 1.82) is 0 Å². The predicted molar refractivity (Wildman–Crippen MR) is 133 cm³/mol. The zero-order chi connectivity index (χ0) is 24.5. The van der Waals surface area contributed by atoms with E-state index in [2.05, 4.69) is 35.4 Å². The molecule has 186 valence electrons. The first-order valence-electron chi connectivity index (χ1n) is 12.6. The van der Waals surface area contributed by atoms with Crippen molar-refractivity contribution in [2.75, 3.05) is 44.2 Å². The largest absolute Gasteiger partial charge is 0.366 e. The minimum atomic E-state index is -0.578. The molecule has 2 fully saturated rings. The number of hydrogen-bond acceptors (Lipinski definition) is 4. The molecular formula is C27H33F2N5O. The molecule has 1 aromatic heterocycles. The first-order chi connectivity index (χ1) is 16.9. The van der Waals surface area contributed by atoms with Crippen LogP contribution in [0.5, 0.6) is 0 Å². The molecule has 2 aliphatic heterocycles. The van der Waals surface area contributed by atoms with Gasteiger partial charge < -0.3 is 14.4 Å². The number of piperidine rings is 1. The lowest BCUT2D eigenvalue weighted by molar-refractivity contribution is -0.137. The second-order valence-electron chi connectivity index (χ2n) is 9.96. The molecule has 0 bridgehead atoms. The van der Waals surface area contributed by atoms with Crippen molar-refractivity contribution < 1.29 is 13.6 Å². The summed E-state index contributed by atoms with van der Waals surface area (Å²) in [7, 11) is 0. The highest BCUT2D eigenvalue weighted by Crippen LogP contribution is 2.26. The molecule has 0 aliphatic carbocycles. The number of anilines is 1. The van der Waals surface area contributed by atoms with Crippen LogP contribution in [0, 0.1) is 17.6 Å². The molecule has 8 heteroatoms. The number of fused-ring (bicyclic) bond motifs is 1. The summed E-state index contributed by atoms with van der Waals surface area (Å²) in [5.74, 6) is 0.0660. The Morgan fingerprint density at radius 2 is 1.83 bits per heavy atom. The number of nitrogens with zero attached hydrogens (tertiary/aromatic N) is 5. The van der Waals surface area contributed by atoms with E-state index in [0.29, 0.717) is 37.9 Å². The van der Waals surface area contributed by atoms with Gasteiger partial charge in [-0.2, -0.15) is 0 Å². The van der Waals surface area contributed by atoms with Gasteiger partial charge in [-0.05, 0) is 57.5 Å². The van der Waals surface area contributed by atoms with Gasteiger partial charge in [0.1, 0.15) is 17.5 Å². The number of benzene rings is 2. The highest BCUT2D eigenvalue weighted by atomic mass is 19.1. The van der Waals surface area contributed by atoms with Gasteiger partial charge in [0.15, 0.2) is 0 Å². The van der Waals surface area contributed by atoms with Crippen LogP contribution in [0.25, 0.3) is 11.0 Å². The molecule has 2 saturated heterocycles. The molecule has 1 atom stereocenters. The second-order valence-corrected chi connectivity index (χ2v) is 9.96. The van der Waals surface area contributed by atoms with Crippen LogP contribution >= 0.6 is 0 Å². The molecule has 3 aromatic rings. The third kappa shape index (κ3) is 4.89. The third-order valence-corrected chi connectivity index (χ3v) is 7.25. The van der Waals surface area contributed by atoms with Gasteiger partial charge >= 0.3 is 0 Å². The van der Waals surface area contributed by atoms with Crippen molar-refractivity contribution in [3.63, 3.8) is 0 Å². The van der Waals surface area contributed by atoms with Gasteiger partial charge in [-0.3, -0.25) is 9.69 Å². The summed E-state index contributed by atoms with van der Waals surface area (Å²) >= 11 is 0. The zero-order valence-corrected chi connectivity index (χ0v) is 20.5. The molecule has 3 heterocycles. The van der Waals surface area contributed by atoms with Crippen LogP contribution in [0.2, 0.25) is 0 Å². The Balaban J connectivity index is 1.22. The fraction of sp³-hybridized carbons (Fsp3) is 0.481. The lowest BCUT2D eigenvalue weighted by Crippen LogP contribution is -2.52. The summed E-state index contributed by atoms with van der Waals surface area (Å²) in [6.07, 6.45) is 1.88. The number of rotatable bonds is 5. The molecule has 2 aromatic carbocycles. The van der Waals surface area contributed by atoms with Crippen molar-refractivity contribution in [3.8, 4) is 0 Å². The quantitative estimate of drug-likeness (QED) is 0.540. The first kappa shape index (κ1) is 23.7. The topological polar surface area (TPSA) is 44.6 Å². The van der Waals surface area contributed by atoms with Crippen molar-refractivity contribution in [3.05, 3.63) is 59.9 Å². The number of amides is 1. The van der Waals surface area contributed by atoms with Gasteiger partial charge in [0, 0.05) is 44.8 Å². The highest BCUT2D eigenvalue weighted by molar-refractivity contribution is 5.79. The molecule has 5 rings (SSSR count). The standard InChI is InChI=1S/C27H33F2N5O/c1-19(2)34-25-8-4-3-7-23(25)30-26(34)18-31-11-5-6-20(17-31)27(35)33-14-12-32(13-15-33)24-10-9-21(28)16-22(24)29/h3-4,7-10,16,19-20H,5-6,11-15,17-18H2,1-2H3/t20-/m0/s1. The number of para-hydroxylation sites is 2. The summed E-state index contributed by atoms with van der Waals surface area (Å²) in [4.78, 5) is 24.4. The minimum Gasteiger partial charge on any atom is -0.366 e.